The Hall–Kier alpha value is -3.05. The van der Waals surface area contributed by atoms with Crippen LogP contribution in [0.4, 0.5) is 14.5 Å². The van der Waals surface area contributed by atoms with Gasteiger partial charge in [0.1, 0.15) is 17.5 Å². The first-order valence-electron chi connectivity index (χ1n) is 10.1. The van der Waals surface area contributed by atoms with Gasteiger partial charge in [0.05, 0.1) is 11.3 Å². The number of hydrogen-bond acceptors (Lipinski definition) is 5. The molecule has 30 heavy (non-hydrogen) atoms. The van der Waals surface area contributed by atoms with Gasteiger partial charge >= 0.3 is 0 Å². The number of anilines is 1. The number of rotatable bonds is 4. The van der Waals surface area contributed by atoms with Gasteiger partial charge in [0.25, 0.3) is 5.92 Å². The van der Waals surface area contributed by atoms with Gasteiger partial charge in [-0.3, -0.25) is 4.40 Å². The molecule has 2 aliphatic rings. The Labute approximate surface area is 172 Å². The second-order valence-electron chi connectivity index (χ2n) is 8.25. The van der Waals surface area contributed by atoms with E-state index in [0.717, 1.165) is 11.3 Å². The topological polar surface area (TPSA) is 77.5 Å². The summed E-state index contributed by atoms with van der Waals surface area (Å²) in [5.74, 6) is -2.87. The van der Waals surface area contributed by atoms with E-state index in [9.17, 15) is 19.1 Å². The monoisotopic (exact) mass is 409 g/mol. The zero-order valence-corrected chi connectivity index (χ0v) is 16.3. The number of benzene rings is 1. The lowest BCUT2D eigenvalue weighted by Crippen LogP contribution is -2.43. The molecule has 1 unspecified atom stereocenters. The van der Waals surface area contributed by atoms with Gasteiger partial charge in [-0.2, -0.15) is 5.26 Å². The van der Waals surface area contributed by atoms with E-state index in [1.165, 1.54) is 0 Å². The molecule has 0 spiro atoms. The number of halogens is 2. The Morgan fingerprint density at radius 3 is 2.47 bits per heavy atom. The maximum absolute atomic E-state index is 13.3. The van der Waals surface area contributed by atoms with E-state index in [4.69, 9.17) is 0 Å². The summed E-state index contributed by atoms with van der Waals surface area (Å²) in [4.78, 5) is 2.07. The predicted octanol–water partition coefficient (Wildman–Crippen LogP) is 3.29. The Morgan fingerprint density at radius 2 is 1.83 bits per heavy atom. The number of hydrogen-bond donors (Lipinski definition) is 1. The van der Waals surface area contributed by atoms with Crippen LogP contribution in [0.15, 0.2) is 42.6 Å². The summed E-state index contributed by atoms with van der Waals surface area (Å²) >= 11 is 0. The van der Waals surface area contributed by atoms with Crippen molar-refractivity contribution in [2.75, 3.05) is 18.0 Å². The van der Waals surface area contributed by atoms with Gasteiger partial charge in [0, 0.05) is 38.0 Å². The summed E-state index contributed by atoms with van der Waals surface area (Å²) < 4.78 is 28.2. The third-order valence-corrected chi connectivity index (χ3v) is 6.37. The number of piperidine rings is 1. The third-order valence-electron chi connectivity index (χ3n) is 6.37. The maximum Gasteiger partial charge on any atom is 0.252 e. The Balaban J connectivity index is 1.40. The average molecular weight is 409 g/mol. The van der Waals surface area contributed by atoms with Crippen molar-refractivity contribution in [2.24, 2.45) is 5.92 Å². The molecule has 1 saturated carbocycles. The minimum atomic E-state index is -2.62. The highest BCUT2D eigenvalue weighted by Crippen LogP contribution is 2.50. The SMILES string of the molecule is N#Cc1c(N2CCC(O)(c3ccccc3)CC2)ccn2c(CC3CC3(F)F)nnc12. The van der Waals surface area contributed by atoms with Crippen LogP contribution in [0.2, 0.25) is 0 Å². The molecule has 1 saturated heterocycles. The molecule has 3 aromatic rings. The molecule has 1 aliphatic carbocycles. The van der Waals surface area contributed by atoms with Gasteiger partial charge in [0.2, 0.25) is 0 Å². The van der Waals surface area contributed by atoms with Crippen molar-refractivity contribution < 1.29 is 13.9 Å². The van der Waals surface area contributed by atoms with Crippen molar-refractivity contribution in [1.29, 1.82) is 5.26 Å². The van der Waals surface area contributed by atoms with Crippen LogP contribution in [0, 0.1) is 17.2 Å². The zero-order valence-electron chi connectivity index (χ0n) is 16.3. The van der Waals surface area contributed by atoms with Crippen LogP contribution in [0.5, 0.6) is 0 Å². The summed E-state index contributed by atoms with van der Waals surface area (Å²) in [7, 11) is 0. The molecule has 1 atom stereocenters. The highest BCUT2D eigenvalue weighted by atomic mass is 19.3. The summed E-state index contributed by atoms with van der Waals surface area (Å²) in [6.07, 6.45) is 2.86. The Bertz CT molecular complexity index is 1130. The average Bonchev–Trinajstić information content (AvgIpc) is 3.16. The van der Waals surface area contributed by atoms with Gasteiger partial charge in [-0.05, 0) is 24.5 Å². The van der Waals surface area contributed by atoms with Gasteiger partial charge < -0.3 is 10.0 Å². The van der Waals surface area contributed by atoms with Crippen molar-refractivity contribution in [3.8, 4) is 6.07 Å². The van der Waals surface area contributed by atoms with E-state index in [-0.39, 0.29) is 12.8 Å². The number of pyridine rings is 1. The van der Waals surface area contributed by atoms with Crippen LogP contribution < -0.4 is 4.90 Å². The lowest BCUT2D eigenvalue weighted by molar-refractivity contribution is 0.0118. The van der Waals surface area contributed by atoms with E-state index < -0.39 is 17.4 Å². The molecule has 1 aliphatic heterocycles. The molecule has 2 aromatic heterocycles. The van der Waals surface area contributed by atoms with E-state index >= 15 is 0 Å². The molecule has 2 fully saturated rings. The highest BCUT2D eigenvalue weighted by molar-refractivity contribution is 5.71. The largest absolute Gasteiger partial charge is 0.385 e. The summed E-state index contributed by atoms with van der Waals surface area (Å²) in [5, 5.41) is 29.0. The quantitative estimate of drug-likeness (QED) is 0.716. The second kappa shape index (κ2) is 6.74. The molecule has 5 rings (SSSR count). The van der Waals surface area contributed by atoms with E-state index in [1.54, 1.807) is 10.6 Å². The van der Waals surface area contributed by atoms with Crippen LogP contribution in [-0.4, -0.2) is 38.7 Å². The van der Waals surface area contributed by atoms with Crippen LogP contribution in [0.25, 0.3) is 5.65 Å². The normalized spacial score (nSPS) is 22.1. The molecule has 1 aromatic carbocycles. The minimum Gasteiger partial charge on any atom is -0.385 e. The molecular formula is C22H21F2N5O. The molecule has 8 heteroatoms. The number of aromatic nitrogens is 3. The fourth-order valence-corrected chi connectivity index (χ4v) is 4.37. The highest BCUT2D eigenvalue weighted by Gasteiger charge is 2.56. The van der Waals surface area contributed by atoms with Gasteiger partial charge in [-0.25, -0.2) is 8.78 Å². The molecule has 3 heterocycles. The van der Waals surface area contributed by atoms with Crippen molar-refractivity contribution in [1.82, 2.24) is 14.6 Å². The van der Waals surface area contributed by atoms with Crippen molar-refractivity contribution in [3.63, 3.8) is 0 Å². The zero-order chi connectivity index (χ0) is 20.9. The molecule has 1 N–H and O–H groups in total. The first-order valence-corrected chi connectivity index (χ1v) is 10.1. The van der Waals surface area contributed by atoms with Crippen molar-refractivity contribution >= 4 is 11.3 Å². The van der Waals surface area contributed by atoms with Crippen LogP contribution in [0.3, 0.4) is 0 Å². The number of alkyl halides is 2. The number of nitrogens with zero attached hydrogens (tertiary/aromatic N) is 5. The molecule has 0 radical (unpaired) electrons. The Kier molecular flexibility index (Phi) is 4.26. The fraction of sp³-hybridized carbons (Fsp3) is 0.409. The number of fused-ring (bicyclic) bond motifs is 1. The molecule has 0 amide bonds. The minimum absolute atomic E-state index is 0.122. The molecule has 0 bridgehead atoms. The lowest BCUT2D eigenvalue weighted by atomic mass is 9.84. The maximum atomic E-state index is 13.3. The number of aliphatic hydroxyl groups is 1. The first kappa shape index (κ1) is 18.9. The van der Waals surface area contributed by atoms with E-state index in [0.29, 0.717) is 43.0 Å². The van der Waals surface area contributed by atoms with Gasteiger partial charge in [0.15, 0.2) is 5.65 Å². The van der Waals surface area contributed by atoms with Crippen molar-refractivity contribution in [3.05, 3.63) is 59.5 Å². The third kappa shape index (κ3) is 3.10. The summed E-state index contributed by atoms with van der Waals surface area (Å²) in [6.45, 7) is 1.18. The van der Waals surface area contributed by atoms with Crippen molar-refractivity contribution in [2.45, 2.75) is 37.2 Å². The standard InChI is InChI=1S/C22H21F2N5O/c23-22(24)13-16(22)12-19-26-27-20-17(14-25)18(6-9-29(19)20)28-10-7-21(30,8-11-28)15-4-2-1-3-5-15/h1-6,9,16,30H,7-8,10-13H2. The smallest absolute Gasteiger partial charge is 0.252 e. The van der Waals surface area contributed by atoms with Crippen LogP contribution in [-0.2, 0) is 12.0 Å². The summed E-state index contributed by atoms with van der Waals surface area (Å²) in [6, 6.07) is 13.7. The second-order valence-corrected chi connectivity index (χ2v) is 8.25. The number of nitriles is 1. The van der Waals surface area contributed by atoms with E-state index in [1.807, 2.05) is 36.4 Å². The van der Waals surface area contributed by atoms with Gasteiger partial charge in [-0.15, -0.1) is 10.2 Å². The van der Waals surface area contributed by atoms with Crippen LogP contribution >= 0.6 is 0 Å². The fourth-order valence-electron chi connectivity index (χ4n) is 4.37. The van der Waals surface area contributed by atoms with Gasteiger partial charge in [-0.1, -0.05) is 30.3 Å². The first-order chi connectivity index (χ1) is 14.4. The molecule has 6 nitrogen and oxygen atoms in total. The summed E-state index contributed by atoms with van der Waals surface area (Å²) in [5.41, 5.74) is 1.52. The van der Waals surface area contributed by atoms with Crippen LogP contribution in [0.1, 0.15) is 36.2 Å². The molecular weight excluding hydrogens is 388 g/mol. The predicted molar refractivity (Wildman–Crippen MR) is 106 cm³/mol. The molecule has 154 valence electrons. The lowest BCUT2D eigenvalue weighted by Gasteiger charge is -2.39. The Morgan fingerprint density at radius 1 is 1.13 bits per heavy atom. The van der Waals surface area contributed by atoms with E-state index in [2.05, 4.69) is 21.2 Å².